The van der Waals surface area contributed by atoms with Crippen LogP contribution in [0.3, 0.4) is 0 Å². The van der Waals surface area contributed by atoms with Crippen molar-refractivity contribution in [2.45, 2.75) is 32.6 Å². The number of nitrogens with one attached hydrogen (secondary N) is 4. The van der Waals surface area contributed by atoms with Crippen molar-refractivity contribution in [2.24, 2.45) is 0 Å². The second-order valence-electron chi connectivity index (χ2n) is 11.1. The summed E-state index contributed by atoms with van der Waals surface area (Å²) in [7, 11) is 0. The van der Waals surface area contributed by atoms with E-state index >= 15 is 0 Å². The number of aromatic nitrogens is 2. The second-order valence-corrected chi connectivity index (χ2v) is 11.1. The fraction of sp³-hybridized carbons (Fsp3) is 0.242. The van der Waals surface area contributed by atoms with Crippen LogP contribution >= 0.6 is 0 Å². The first-order valence-electron chi connectivity index (χ1n) is 14.7. The fourth-order valence-electron chi connectivity index (χ4n) is 5.67. The van der Waals surface area contributed by atoms with Crippen LogP contribution < -0.4 is 16.0 Å². The molecule has 3 aromatic carbocycles. The SMILES string of the molecule is CC(=O)Nc1nc(-c2ccc(NC(=C3C(=O)Nc4ccc([N+](=O)[O-])cc43)c3ccc(CCN4CCCCC4)cc3)cc2)c[nH]1. The van der Waals surface area contributed by atoms with Crippen LogP contribution in [0.5, 0.6) is 0 Å². The number of fused-ring (bicyclic) bond motifs is 1. The first-order valence-corrected chi connectivity index (χ1v) is 14.7. The van der Waals surface area contributed by atoms with E-state index in [2.05, 4.69) is 43.0 Å². The standard InChI is InChI=1S/C33H33N7O4/c1-21(41)35-33-34-20-29(38-33)23-9-11-25(12-10-23)36-31(30-27-19-26(40(43)44)13-14-28(27)37-32(30)42)24-7-5-22(6-8-24)15-18-39-16-3-2-4-17-39/h5-14,19-20,36H,2-4,15-18H2,1H3,(H,37,42)(H2,34,35,38,41). The molecule has 3 heterocycles. The third kappa shape index (κ3) is 6.37. The number of nitro groups is 1. The lowest BCUT2D eigenvalue weighted by Crippen LogP contribution is -2.31. The van der Waals surface area contributed by atoms with Gasteiger partial charge in [0.1, 0.15) is 0 Å². The van der Waals surface area contributed by atoms with Gasteiger partial charge in [-0.3, -0.25) is 25.0 Å². The Bertz CT molecular complexity index is 1740. The predicted molar refractivity (Wildman–Crippen MR) is 171 cm³/mol. The Kier molecular flexibility index (Phi) is 8.20. The van der Waals surface area contributed by atoms with Crippen molar-refractivity contribution in [1.29, 1.82) is 0 Å². The highest BCUT2D eigenvalue weighted by atomic mass is 16.6. The molecule has 11 heteroatoms. The van der Waals surface area contributed by atoms with Crippen molar-refractivity contribution in [3.63, 3.8) is 0 Å². The maximum absolute atomic E-state index is 13.4. The van der Waals surface area contributed by atoms with E-state index in [1.807, 2.05) is 36.4 Å². The van der Waals surface area contributed by atoms with Gasteiger partial charge in [-0.2, -0.15) is 0 Å². The lowest BCUT2D eigenvalue weighted by Gasteiger charge is -2.26. The highest BCUT2D eigenvalue weighted by molar-refractivity contribution is 6.37. The van der Waals surface area contributed by atoms with Gasteiger partial charge in [0.25, 0.3) is 11.6 Å². The number of benzene rings is 3. The molecule has 2 aliphatic rings. The Labute approximate surface area is 254 Å². The Balaban J connectivity index is 1.32. The van der Waals surface area contributed by atoms with E-state index in [-0.39, 0.29) is 17.5 Å². The number of amides is 2. The van der Waals surface area contributed by atoms with Crippen molar-refractivity contribution in [2.75, 3.05) is 35.6 Å². The molecule has 1 aromatic heterocycles. The molecule has 0 bridgehead atoms. The Morgan fingerprint density at radius 3 is 2.45 bits per heavy atom. The summed E-state index contributed by atoms with van der Waals surface area (Å²) in [6.45, 7) is 4.72. The van der Waals surface area contributed by atoms with E-state index in [1.54, 1.807) is 12.3 Å². The van der Waals surface area contributed by atoms with Crippen molar-refractivity contribution in [1.82, 2.24) is 14.9 Å². The normalized spacial score (nSPS) is 15.8. The average molecular weight is 592 g/mol. The summed E-state index contributed by atoms with van der Waals surface area (Å²) < 4.78 is 0. The number of carbonyl (C=O) groups is 2. The van der Waals surface area contributed by atoms with Crippen LogP contribution in [0.25, 0.3) is 22.5 Å². The van der Waals surface area contributed by atoms with Crippen LogP contribution in [0.15, 0.2) is 72.9 Å². The maximum Gasteiger partial charge on any atom is 0.270 e. The first kappa shape index (κ1) is 28.8. The number of carbonyl (C=O) groups excluding carboxylic acids is 2. The van der Waals surface area contributed by atoms with Gasteiger partial charge in [-0.1, -0.05) is 42.8 Å². The topological polar surface area (TPSA) is 145 Å². The molecule has 0 radical (unpaired) electrons. The molecule has 0 atom stereocenters. The minimum absolute atomic E-state index is 0.0906. The molecule has 2 amide bonds. The number of hydrogen-bond donors (Lipinski definition) is 4. The van der Waals surface area contributed by atoms with E-state index in [4.69, 9.17) is 0 Å². The summed E-state index contributed by atoms with van der Waals surface area (Å²) in [5.41, 5.74) is 5.99. The van der Waals surface area contributed by atoms with Gasteiger partial charge in [-0.25, -0.2) is 4.98 Å². The minimum Gasteiger partial charge on any atom is -0.354 e. The average Bonchev–Trinajstić information content (AvgIpc) is 3.62. The van der Waals surface area contributed by atoms with Crippen LogP contribution in [0.1, 0.15) is 42.9 Å². The number of piperidine rings is 1. The Morgan fingerprint density at radius 1 is 1.00 bits per heavy atom. The number of nitro benzene ring substituents is 1. The molecular formula is C33H33N7O4. The molecular weight excluding hydrogens is 558 g/mol. The van der Waals surface area contributed by atoms with E-state index in [0.717, 1.165) is 42.9 Å². The molecule has 1 saturated heterocycles. The highest BCUT2D eigenvalue weighted by Crippen LogP contribution is 2.39. The monoisotopic (exact) mass is 591 g/mol. The van der Waals surface area contributed by atoms with Crippen LogP contribution in [0.2, 0.25) is 0 Å². The van der Waals surface area contributed by atoms with Crippen LogP contribution in [-0.4, -0.2) is 51.2 Å². The van der Waals surface area contributed by atoms with Crippen molar-refractivity contribution in [3.8, 4) is 11.3 Å². The van der Waals surface area contributed by atoms with E-state index < -0.39 is 4.92 Å². The third-order valence-electron chi connectivity index (χ3n) is 7.94. The lowest BCUT2D eigenvalue weighted by atomic mass is 9.98. The van der Waals surface area contributed by atoms with Gasteiger partial charge in [0.05, 0.1) is 21.9 Å². The molecule has 2 aliphatic heterocycles. The zero-order valence-electron chi connectivity index (χ0n) is 24.4. The molecule has 0 spiro atoms. The van der Waals surface area contributed by atoms with Gasteiger partial charge >= 0.3 is 0 Å². The van der Waals surface area contributed by atoms with E-state index in [9.17, 15) is 19.7 Å². The number of rotatable bonds is 9. The molecule has 11 nitrogen and oxygen atoms in total. The summed E-state index contributed by atoms with van der Waals surface area (Å²) >= 11 is 0. The summed E-state index contributed by atoms with van der Waals surface area (Å²) in [5.74, 6) is -0.194. The zero-order valence-corrected chi connectivity index (χ0v) is 24.4. The molecule has 44 heavy (non-hydrogen) atoms. The van der Waals surface area contributed by atoms with Gasteiger partial charge in [-0.05, 0) is 61.7 Å². The summed E-state index contributed by atoms with van der Waals surface area (Å²) in [6.07, 6.45) is 6.46. The van der Waals surface area contributed by atoms with Crippen LogP contribution in [0.4, 0.5) is 23.0 Å². The second kappa shape index (κ2) is 12.5. The number of hydrogen-bond acceptors (Lipinski definition) is 7. The molecule has 4 aromatic rings. The smallest absolute Gasteiger partial charge is 0.270 e. The number of likely N-dealkylation sites (tertiary alicyclic amines) is 1. The molecule has 4 N–H and O–H groups in total. The zero-order chi connectivity index (χ0) is 30.6. The lowest BCUT2D eigenvalue weighted by molar-refractivity contribution is -0.384. The number of aromatic amines is 1. The quantitative estimate of drug-likeness (QED) is 0.108. The van der Waals surface area contributed by atoms with Gasteiger partial charge in [-0.15, -0.1) is 0 Å². The highest BCUT2D eigenvalue weighted by Gasteiger charge is 2.30. The van der Waals surface area contributed by atoms with Gasteiger partial charge in [0, 0.05) is 54.3 Å². The van der Waals surface area contributed by atoms with Gasteiger partial charge in [0.2, 0.25) is 11.9 Å². The number of H-pyrrole nitrogens is 1. The van der Waals surface area contributed by atoms with E-state index in [1.165, 1.54) is 43.9 Å². The fourth-order valence-corrected chi connectivity index (χ4v) is 5.67. The molecule has 0 saturated carbocycles. The van der Waals surface area contributed by atoms with Crippen LogP contribution in [-0.2, 0) is 16.0 Å². The molecule has 6 rings (SSSR count). The van der Waals surface area contributed by atoms with Crippen molar-refractivity contribution >= 4 is 46.1 Å². The molecule has 1 fully saturated rings. The molecule has 0 aliphatic carbocycles. The summed E-state index contributed by atoms with van der Waals surface area (Å²) in [4.78, 5) is 45.7. The Hall–Kier alpha value is -5.29. The molecule has 224 valence electrons. The van der Waals surface area contributed by atoms with Crippen molar-refractivity contribution in [3.05, 3.63) is 99.7 Å². The van der Waals surface area contributed by atoms with Gasteiger partial charge < -0.3 is 20.5 Å². The molecule has 0 unspecified atom stereocenters. The minimum atomic E-state index is -0.462. The third-order valence-corrected chi connectivity index (χ3v) is 7.94. The number of imidazole rings is 1. The number of non-ortho nitro benzene ring substituents is 1. The number of nitrogens with zero attached hydrogens (tertiary/aromatic N) is 3. The summed E-state index contributed by atoms with van der Waals surface area (Å²) in [5, 5.41) is 20.5. The summed E-state index contributed by atoms with van der Waals surface area (Å²) in [6, 6.07) is 20.0. The first-order chi connectivity index (χ1) is 21.3. The number of anilines is 3. The largest absolute Gasteiger partial charge is 0.354 e. The van der Waals surface area contributed by atoms with E-state index in [0.29, 0.717) is 34.2 Å². The van der Waals surface area contributed by atoms with Crippen molar-refractivity contribution < 1.29 is 14.5 Å². The van der Waals surface area contributed by atoms with Crippen LogP contribution in [0, 0.1) is 10.1 Å². The Morgan fingerprint density at radius 2 is 1.75 bits per heavy atom. The van der Waals surface area contributed by atoms with Gasteiger partial charge in [0.15, 0.2) is 0 Å². The maximum atomic E-state index is 13.4. The predicted octanol–water partition coefficient (Wildman–Crippen LogP) is 5.90.